The van der Waals surface area contributed by atoms with Crippen LogP contribution in [0.2, 0.25) is 0 Å². The molecule has 0 aliphatic carbocycles. The van der Waals surface area contributed by atoms with Gasteiger partial charge in [-0.3, -0.25) is 9.88 Å². The summed E-state index contributed by atoms with van der Waals surface area (Å²) in [4.78, 5) is 24.5. The molecule has 0 bridgehead atoms. The molecule has 132 valence electrons. The van der Waals surface area contributed by atoms with E-state index in [1.807, 2.05) is 18.3 Å². The van der Waals surface area contributed by atoms with Gasteiger partial charge in [0.05, 0.1) is 22.5 Å². The lowest BCUT2D eigenvalue weighted by Crippen LogP contribution is -2.31. The number of nitrogens with zero attached hydrogens (tertiary/aromatic N) is 6. The predicted octanol–water partition coefficient (Wildman–Crippen LogP) is 3.04. The van der Waals surface area contributed by atoms with Gasteiger partial charge >= 0.3 is 0 Å². The molecule has 6 nitrogen and oxygen atoms in total. The molecule has 0 N–H and O–H groups in total. The fourth-order valence-electron chi connectivity index (χ4n) is 3.49. The number of para-hydroxylation sites is 1. The van der Waals surface area contributed by atoms with Crippen LogP contribution >= 0.6 is 0 Å². The van der Waals surface area contributed by atoms with Crippen molar-refractivity contribution in [1.82, 2.24) is 29.8 Å². The molecule has 4 aromatic rings. The maximum absolute atomic E-state index is 4.79. The Kier molecular flexibility index (Phi) is 4.03. The molecule has 1 aromatic carbocycles. The Labute approximate surface area is 157 Å². The Hall–Kier alpha value is -3.25. The summed E-state index contributed by atoms with van der Waals surface area (Å²) >= 11 is 0. The smallest absolute Gasteiger partial charge is 0.162 e. The minimum Gasteiger partial charge on any atom is -0.293 e. The molecule has 0 atom stereocenters. The van der Waals surface area contributed by atoms with E-state index in [0.29, 0.717) is 5.82 Å². The standard InChI is InChI=1S/C21H18N6/c1-2-4-19-15(3-1)5-6-18(25-19)13-27-8-7-20-17(12-27)11-24-21(26-20)16-9-22-14-23-10-16/h1-6,9-11,14H,7-8,12-13H2. The monoisotopic (exact) mass is 354 g/mol. The molecule has 1 aliphatic rings. The molecule has 0 saturated heterocycles. The first-order valence-corrected chi connectivity index (χ1v) is 9.02. The second-order valence-corrected chi connectivity index (χ2v) is 6.75. The minimum atomic E-state index is 0.694. The van der Waals surface area contributed by atoms with E-state index < -0.39 is 0 Å². The molecule has 5 rings (SSSR count). The number of hydrogen-bond donors (Lipinski definition) is 0. The van der Waals surface area contributed by atoms with Crippen LogP contribution < -0.4 is 0 Å². The van der Waals surface area contributed by atoms with E-state index in [2.05, 4.69) is 44.1 Å². The van der Waals surface area contributed by atoms with E-state index in [1.165, 1.54) is 17.3 Å². The molecular formula is C21H18N6. The molecule has 3 aromatic heterocycles. The summed E-state index contributed by atoms with van der Waals surface area (Å²) in [6.07, 6.45) is 7.85. The lowest BCUT2D eigenvalue weighted by molar-refractivity contribution is 0.240. The second kappa shape index (κ2) is 6.81. The maximum atomic E-state index is 4.79. The summed E-state index contributed by atoms with van der Waals surface area (Å²) in [5.74, 6) is 0.694. The van der Waals surface area contributed by atoms with Gasteiger partial charge in [-0.1, -0.05) is 24.3 Å². The molecule has 1 aliphatic heterocycles. The van der Waals surface area contributed by atoms with Crippen LogP contribution in [0.25, 0.3) is 22.3 Å². The van der Waals surface area contributed by atoms with Crippen molar-refractivity contribution in [3.05, 3.63) is 78.3 Å². The number of pyridine rings is 1. The van der Waals surface area contributed by atoms with Gasteiger partial charge in [-0.25, -0.2) is 19.9 Å². The lowest BCUT2D eigenvalue weighted by atomic mass is 10.1. The van der Waals surface area contributed by atoms with Crippen LogP contribution in [-0.2, 0) is 19.5 Å². The largest absolute Gasteiger partial charge is 0.293 e. The SMILES string of the molecule is c1ccc2nc(CN3CCc4nc(-c5cncnc5)ncc4C3)ccc2c1. The van der Waals surface area contributed by atoms with Gasteiger partial charge in [0.25, 0.3) is 0 Å². The first kappa shape index (κ1) is 16.0. The highest BCUT2D eigenvalue weighted by Crippen LogP contribution is 2.22. The molecule has 0 saturated carbocycles. The van der Waals surface area contributed by atoms with E-state index in [4.69, 9.17) is 9.97 Å². The lowest BCUT2D eigenvalue weighted by Gasteiger charge is -2.27. The summed E-state index contributed by atoms with van der Waals surface area (Å²) in [7, 11) is 0. The van der Waals surface area contributed by atoms with Crippen molar-refractivity contribution in [2.45, 2.75) is 19.5 Å². The van der Waals surface area contributed by atoms with Crippen molar-refractivity contribution in [2.75, 3.05) is 6.54 Å². The predicted molar refractivity (Wildman–Crippen MR) is 103 cm³/mol. The van der Waals surface area contributed by atoms with Crippen molar-refractivity contribution in [3.8, 4) is 11.4 Å². The van der Waals surface area contributed by atoms with Gasteiger partial charge in [0.2, 0.25) is 0 Å². The Morgan fingerprint density at radius 1 is 0.926 bits per heavy atom. The van der Waals surface area contributed by atoms with Crippen molar-refractivity contribution in [3.63, 3.8) is 0 Å². The highest BCUT2D eigenvalue weighted by atomic mass is 15.1. The van der Waals surface area contributed by atoms with Gasteiger partial charge in [0.15, 0.2) is 5.82 Å². The highest BCUT2D eigenvalue weighted by Gasteiger charge is 2.19. The first-order chi connectivity index (χ1) is 13.3. The van der Waals surface area contributed by atoms with Gasteiger partial charge in [0.1, 0.15) is 6.33 Å². The second-order valence-electron chi connectivity index (χ2n) is 6.75. The summed E-state index contributed by atoms with van der Waals surface area (Å²) < 4.78 is 0. The van der Waals surface area contributed by atoms with Gasteiger partial charge < -0.3 is 0 Å². The summed E-state index contributed by atoms with van der Waals surface area (Å²) in [6, 6.07) is 12.5. The Bertz CT molecular complexity index is 1100. The van der Waals surface area contributed by atoms with E-state index in [0.717, 1.165) is 48.5 Å². The summed E-state index contributed by atoms with van der Waals surface area (Å²) in [6.45, 7) is 2.64. The van der Waals surface area contributed by atoms with Crippen LogP contribution in [0.1, 0.15) is 17.0 Å². The molecule has 6 heteroatoms. The van der Waals surface area contributed by atoms with Crippen LogP contribution in [0.4, 0.5) is 0 Å². The van der Waals surface area contributed by atoms with E-state index in [1.54, 1.807) is 12.4 Å². The third-order valence-corrected chi connectivity index (χ3v) is 4.87. The summed E-state index contributed by atoms with van der Waals surface area (Å²) in [5.41, 5.74) is 5.29. The molecule has 27 heavy (non-hydrogen) atoms. The fraction of sp³-hybridized carbons (Fsp3) is 0.190. The van der Waals surface area contributed by atoms with Crippen molar-refractivity contribution < 1.29 is 0 Å². The molecule has 0 amide bonds. The molecule has 0 radical (unpaired) electrons. The van der Waals surface area contributed by atoms with Crippen molar-refractivity contribution >= 4 is 10.9 Å². The first-order valence-electron chi connectivity index (χ1n) is 9.02. The van der Waals surface area contributed by atoms with Crippen molar-refractivity contribution in [1.29, 1.82) is 0 Å². The zero-order chi connectivity index (χ0) is 18.1. The highest BCUT2D eigenvalue weighted by molar-refractivity contribution is 5.78. The third kappa shape index (κ3) is 3.27. The molecule has 0 unspecified atom stereocenters. The molecule has 4 heterocycles. The third-order valence-electron chi connectivity index (χ3n) is 4.87. The van der Waals surface area contributed by atoms with E-state index >= 15 is 0 Å². The topological polar surface area (TPSA) is 67.7 Å². The average Bonchev–Trinajstić information content (AvgIpc) is 2.74. The van der Waals surface area contributed by atoms with Crippen LogP contribution in [0.5, 0.6) is 0 Å². The van der Waals surface area contributed by atoms with Crippen LogP contribution in [0.15, 0.2) is 61.3 Å². The van der Waals surface area contributed by atoms with Gasteiger partial charge in [-0.15, -0.1) is 0 Å². The maximum Gasteiger partial charge on any atom is 0.162 e. The van der Waals surface area contributed by atoms with Gasteiger partial charge in [-0.2, -0.15) is 0 Å². The zero-order valence-electron chi connectivity index (χ0n) is 14.8. The number of rotatable bonds is 3. The number of fused-ring (bicyclic) bond motifs is 2. The molecular weight excluding hydrogens is 336 g/mol. The Morgan fingerprint density at radius 3 is 2.74 bits per heavy atom. The van der Waals surface area contributed by atoms with Crippen LogP contribution in [0, 0.1) is 0 Å². The molecule has 0 spiro atoms. The Morgan fingerprint density at radius 2 is 1.81 bits per heavy atom. The molecule has 0 fully saturated rings. The van der Waals surface area contributed by atoms with E-state index in [9.17, 15) is 0 Å². The average molecular weight is 354 g/mol. The fourth-order valence-corrected chi connectivity index (χ4v) is 3.49. The van der Waals surface area contributed by atoms with Crippen molar-refractivity contribution in [2.24, 2.45) is 0 Å². The quantitative estimate of drug-likeness (QED) is 0.563. The Balaban J connectivity index is 1.34. The minimum absolute atomic E-state index is 0.694. The number of aromatic nitrogens is 5. The zero-order valence-corrected chi connectivity index (χ0v) is 14.8. The van der Waals surface area contributed by atoms with Gasteiger partial charge in [-0.05, 0) is 12.1 Å². The van der Waals surface area contributed by atoms with Crippen LogP contribution in [-0.4, -0.2) is 36.4 Å². The van der Waals surface area contributed by atoms with E-state index in [-0.39, 0.29) is 0 Å². The summed E-state index contributed by atoms with van der Waals surface area (Å²) in [5, 5.41) is 1.18. The normalized spacial score (nSPS) is 14.2. The number of hydrogen-bond acceptors (Lipinski definition) is 6. The van der Waals surface area contributed by atoms with Crippen LogP contribution in [0.3, 0.4) is 0 Å². The number of benzene rings is 1. The van der Waals surface area contributed by atoms with Gasteiger partial charge in [0, 0.05) is 55.6 Å².